The van der Waals surface area contributed by atoms with Crippen LogP contribution in [-0.2, 0) is 4.74 Å². The Hall–Kier alpha value is -2.40. The minimum atomic E-state index is -7.50. The van der Waals surface area contributed by atoms with E-state index in [0.29, 0.717) is 0 Å². The molecule has 0 saturated heterocycles. The fraction of sp³-hybridized carbons (Fsp3) is 0.333. The molecule has 1 aromatic carbocycles. The summed E-state index contributed by atoms with van der Waals surface area (Å²) < 4.78 is 209. The van der Waals surface area contributed by atoms with Crippen molar-refractivity contribution in [3.05, 3.63) is 41.0 Å². The summed E-state index contributed by atoms with van der Waals surface area (Å²) in [7, 11) is 0. The van der Waals surface area contributed by atoms with E-state index in [0.717, 1.165) is 0 Å². The standard InChI is InChI=1S/C12F16O2/c13-1-2(14)4(16)6(5(17)3(1)15)29-11(25,26)10(23,24)12(27,28)30-9(21,22)7(18)8(19)20. The largest absolute Gasteiger partial charge is 0.474 e. The van der Waals surface area contributed by atoms with Gasteiger partial charge in [-0.3, -0.25) is 0 Å². The van der Waals surface area contributed by atoms with Crippen LogP contribution in [0.2, 0.25) is 0 Å². The first-order chi connectivity index (χ1) is 13.2. The van der Waals surface area contributed by atoms with Crippen molar-refractivity contribution in [2.45, 2.75) is 24.2 Å². The fourth-order valence-corrected chi connectivity index (χ4v) is 1.42. The van der Waals surface area contributed by atoms with E-state index >= 15 is 0 Å². The monoisotopic (exact) mass is 480 g/mol. The van der Waals surface area contributed by atoms with Crippen LogP contribution in [0.4, 0.5) is 70.2 Å². The molecule has 0 atom stereocenters. The summed E-state index contributed by atoms with van der Waals surface area (Å²) in [5.74, 6) is -30.9. The number of benzene rings is 1. The van der Waals surface area contributed by atoms with Gasteiger partial charge in [0.2, 0.25) is 34.8 Å². The molecule has 30 heavy (non-hydrogen) atoms. The molecule has 0 bridgehead atoms. The van der Waals surface area contributed by atoms with Crippen LogP contribution in [0.1, 0.15) is 0 Å². The zero-order chi connectivity index (χ0) is 24.0. The van der Waals surface area contributed by atoms with Gasteiger partial charge in [-0.05, 0) is 0 Å². The number of ether oxygens (including phenoxy) is 2. The Kier molecular flexibility index (Phi) is 6.57. The molecule has 0 fully saturated rings. The fourth-order valence-electron chi connectivity index (χ4n) is 1.42. The van der Waals surface area contributed by atoms with Gasteiger partial charge in [-0.1, -0.05) is 0 Å². The topological polar surface area (TPSA) is 18.5 Å². The maximum absolute atomic E-state index is 13.3. The average molecular weight is 480 g/mol. The third-order valence-electron chi connectivity index (χ3n) is 2.81. The molecule has 1 rings (SSSR count). The lowest BCUT2D eigenvalue weighted by Crippen LogP contribution is -2.59. The Bertz CT molecular complexity index is 827. The summed E-state index contributed by atoms with van der Waals surface area (Å²) in [6.45, 7) is 0. The van der Waals surface area contributed by atoms with Gasteiger partial charge in [0.25, 0.3) is 5.83 Å². The van der Waals surface area contributed by atoms with Gasteiger partial charge in [-0.2, -0.15) is 57.1 Å². The molecule has 18 heteroatoms. The van der Waals surface area contributed by atoms with E-state index in [9.17, 15) is 70.2 Å². The highest BCUT2D eigenvalue weighted by molar-refractivity contribution is 5.30. The van der Waals surface area contributed by atoms with Crippen LogP contribution in [0.5, 0.6) is 5.75 Å². The maximum Gasteiger partial charge on any atom is 0.474 e. The van der Waals surface area contributed by atoms with Crippen molar-refractivity contribution in [3.8, 4) is 5.75 Å². The van der Waals surface area contributed by atoms with Crippen LogP contribution >= 0.6 is 0 Å². The first-order valence-electron chi connectivity index (χ1n) is 6.34. The molecule has 0 heterocycles. The summed E-state index contributed by atoms with van der Waals surface area (Å²) in [6, 6.07) is 0. The molecule has 0 spiro atoms. The van der Waals surface area contributed by atoms with E-state index in [4.69, 9.17) is 0 Å². The molecular weight excluding hydrogens is 480 g/mol. The first-order valence-corrected chi connectivity index (χ1v) is 6.34. The first kappa shape index (κ1) is 25.6. The van der Waals surface area contributed by atoms with Crippen molar-refractivity contribution in [1.29, 1.82) is 0 Å². The average Bonchev–Trinajstić information content (AvgIpc) is 2.60. The molecule has 2 nitrogen and oxygen atoms in total. The van der Waals surface area contributed by atoms with Gasteiger partial charge in [0.05, 0.1) is 0 Å². The summed E-state index contributed by atoms with van der Waals surface area (Å²) in [4.78, 5) is 0. The number of alkyl halides is 8. The number of hydrogen-bond donors (Lipinski definition) is 0. The SMILES string of the molecule is FC(F)=C(F)C(F)(F)OC(F)(F)C(F)(F)C(F)(F)Oc1c(F)c(F)c(F)c(F)c1F. The summed E-state index contributed by atoms with van der Waals surface area (Å²) >= 11 is 0. The molecule has 0 aliphatic carbocycles. The lowest BCUT2D eigenvalue weighted by molar-refractivity contribution is -0.473. The van der Waals surface area contributed by atoms with Crippen molar-refractivity contribution < 1.29 is 79.7 Å². The Morgan fingerprint density at radius 1 is 0.567 bits per heavy atom. The van der Waals surface area contributed by atoms with Crippen LogP contribution in [0, 0.1) is 29.1 Å². The Morgan fingerprint density at radius 3 is 1.30 bits per heavy atom. The van der Waals surface area contributed by atoms with Crippen LogP contribution < -0.4 is 4.74 Å². The predicted molar refractivity (Wildman–Crippen MR) is 58.1 cm³/mol. The summed E-state index contributed by atoms with van der Waals surface area (Å²) in [6.07, 6.45) is -25.2. The Morgan fingerprint density at radius 2 is 0.933 bits per heavy atom. The lowest BCUT2D eigenvalue weighted by Gasteiger charge is -2.33. The zero-order valence-corrected chi connectivity index (χ0v) is 12.9. The highest BCUT2D eigenvalue weighted by Gasteiger charge is 2.78. The second kappa shape index (κ2) is 7.69. The van der Waals surface area contributed by atoms with Gasteiger partial charge in [0, 0.05) is 0 Å². The second-order valence-electron chi connectivity index (χ2n) is 4.80. The molecule has 172 valence electrons. The molecule has 1 aromatic rings. The van der Waals surface area contributed by atoms with E-state index < -0.39 is 71.0 Å². The molecular formula is C12F16O2. The van der Waals surface area contributed by atoms with E-state index in [1.54, 1.807) is 4.74 Å². The Labute approximate surface area is 152 Å². The van der Waals surface area contributed by atoms with Gasteiger partial charge in [0.15, 0.2) is 0 Å². The number of halogens is 16. The summed E-state index contributed by atoms with van der Waals surface area (Å²) in [5.41, 5.74) is 0. The van der Waals surface area contributed by atoms with E-state index in [-0.39, 0.29) is 0 Å². The Balaban J connectivity index is 3.43. The van der Waals surface area contributed by atoms with Crippen LogP contribution in [0.15, 0.2) is 11.9 Å². The van der Waals surface area contributed by atoms with Gasteiger partial charge in [-0.15, -0.1) is 0 Å². The molecule has 0 unspecified atom stereocenters. The van der Waals surface area contributed by atoms with E-state index in [2.05, 4.69) is 4.74 Å². The minimum absolute atomic E-state index is 1.68. The minimum Gasteiger partial charge on any atom is -0.421 e. The van der Waals surface area contributed by atoms with Gasteiger partial charge in [-0.25, -0.2) is 17.9 Å². The van der Waals surface area contributed by atoms with Crippen molar-refractivity contribution in [2.24, 2.45) is 0 Å². The summed E-state index contributed by atoms with van der Waals surface area (Å²) in [5, 5.41) is 0. The van der Waals surface area contributed by atoms with Gasteiger partial charge < -0.3 is 4.74 Å². The van der Waals surface area contributed by atoms with Crippen molar-refractivity contribution in [3.63, 3.8) is 0 Å². The molecule has 0 saturated carbocycles. The van der Waals surface area contributed by atoms with E-state index in [1.807, 2.05) is 0 Å². The normalized spacial score (nSPS) is 13.5. The lowest BCUT2D eigenvalue weighted by atomic mass is 10.2. The van der Waals surface area contributed by atoms with Crippen molar-refractivity contribution in [2.75, 3.05) is 0 Å². The molecule has 0 radical (unpaired) electrons. The number of hydrogen-bond acceptors (Lipinski definition) is 2. The van der Waals surface area contributed by atoms with Crippen molar-refractivity contribution >= 4 is 0 Å². The van der Waals surface area contributed by atoms with Crippen LogP contribution in [0.3, 0.4) is 0 Å². The van der Waals surface area contributed by atoms with Crippen LogP contribution in [0.25, 0.3) is 0 Å². The molecule has 0 N–H and O–H groups in total. The second-order valence-corrected chi connectivity index (χ2v) is 4.80. The van der Waals surface area contributed by atoms with Gasteiger partial charge >= 0.3 is 30.3 Å². The third kappa shape index (κ3) is 4.22. The quantitative estimate of drug-likeness (QED) is 0.260. The van der Waals surface area contributed by atoms with Crippen LogP contribution in [-0.4, -0.2) is 24.2 Å². The number of rotatable bonds is 7. The predicted octanol–water partition coefficient (Wildman–Crippen LogP) is 6.27. The smallest absolute Gasteiger partial charge is 0.421 e. The third-order valence-corrected chi connectivity index (χ3v) is 2.81. The highest BCUT2D eigenvalue weighted by atomic mass is 19.4. The molecule has 0 amide bonds. The van der Waals surface area contributed by atoms with Gasteiger partial charge in [0.1, 0.15) is 0 Å². The molecule has 0 aromatic heterocycles. The van der Waals surface area contributed by atoms with Crippen molar-refractivity contribution in [1.82, 2.24) is 0 Å². The maximum atomic E-state index is 13.3. The molecule has 0 aliphatic rings. The van der Waals surface area contributed by atoms with E-state index in [1.165, 1.54) is 0 Å². The molecule has 0 aliphatic heterocycles. The highest BCUT2D eigenvalue weighted by Crippen LogP contribution is 2.50. The zero-order valence-electron chi connectivity index (χ0n) is 12.9.